The third kappa shape index (κ3) is 4.31. The minimum absolute atomic E-state index is 0.0757. The highest BCUT2D eigenvalue weighted by atomic mass is 35.5. The molecule has 132 valence electrons. The van der Waals surface area contributed by atoms with Gasteiger partial charge in [0.2, 0.25) is 0 Å². The third-order valence-electron chi connectivity index (χ3n) is 3.35. The highest BCUT2D eigenvalue weighted by molar-refractivity contribution is 6.30. The Kier molecular flexibility index (Phi) is 5.09. The van der Waals surface area contributed by atoms with Crippen LogP contribution in [-0.2, 0) is 0 Å². The molecule has 0 saturated carbocycles. The summed E-state index contributed by atoms with van der Waals surface area (Å²) in [6.45, 7) is 1.64. The molecule has 1 aromatic heterocycles. The van der Waals surface area contributed by atoms with E-state index in [1.54, 1.807) is 31.2 Å². The van der Waals surface area contributed by atoms with Crippen LogP contribution >= 0.6 is 11.6 Å². The fraction of sp³-hybridized carbons (Fsp3) is 0.0556. The first-order valence-electron chi connectivity index (χ1n) is 7.55. The summed E-state index contributed by atoms with van der Waals surface area (Å²) in [5.41, 5.74) is 0.892. The molecular weight excluding hydrogens is 362 g/mol. The minimum Gasteiger partial charge on any atom is -0.340 e. The fourth-order valence-electron chi connectivity index (χ4n) is 2.23. The maximum absolute atomic E-state index is 13.3. The van der Waals surface area contributed by atoms with E-state index in [1.165, 1.54) is 12.1 Å². The average molecular weight is 375 g/mol. The molecule has 0 atom stereocenters. The molecule has 0 aliphatic carbocycles. The number of benzene rings is 2. The lowest BCUT2D eigenvalue weighted by Gasteiger charge is -2.09. The predicted octanol–water partition coefficient (Wildman–Crippen LogP) is 4.71. The molecule has 0 aliphatic heterocycles. The molecule has 0 aliphatic rings. The van der Waals surface area contributed by atoms with Gasteiger partial charge in [0, 0.05) is 28.5 Å². The topological polar surface area (TPSA) is 66.9 Å². The van der Waals surface area contributed by atoms with E-state index < -0.39 is 17.5 Å². The second kappa shape index (κ2) is 7.45. The highest BCUT2D eigenvalue weighted by Crippen LogP contribution is 2.20. The van der Waals surface area contributed by atoms with Crippen molar-refractivity contribution in [3.8, 4) is 0 Å². The summed E-state index contributed by atoms with van der Waals surface area (Å²) < 4.78 is 26.2. The number of nitrogens with one attached hydrogen (secondary N) is 2. The molecule has 1 amide bonds. The molecule has 2 N–H and O–H groups in total. The standard InChI is InChI=1S/C18H13ClF2N4O/c1-10-22-16(18(26)25-13-5-6-14(20)15(21)8-13)9-17(23-10)24-12-4-2-3-11(19)7-12/h2-9H,1H3,(H,25,26)(H,22,23,24). The maximum atomic E-state index is 13.3. The van der Waals surface area contributed by atoms with Crippen LogP contribution < -0.4 is 10.6 Å². The lowest BCUT2D eigenvalue weighted by Crippen LogP contribution is -2.15. The number of hydrogen-bond acceptors (Lipinski definition) is 4. The molecule has 8 heteroatoms. The number of halogens is 3. The molecule has 0 saturated heterocycles. The Morgan fingerprint density at radius 3 is 2.54 bits per heavy atom. The van der Waals surface area contributed by atoms with E-state index in [-0.39, 0.29) is 11.4 Å². The average Bonchev–Trinajstić information content (AvgIpc) is 2.57. The monoisotopic (exact) mass is 374 g/mol. The van der Waals surface area contributed by atoms with Gasteiger partial charge in [-0.05, 0) is 37.3 Å². The lowest BCUT2D eigenvalue weighted by molar-refractivity contribution is 0.102. The van der Waals surface area contributed by atoms with E-state index in [0.717, 1.165) is 12.1 Å². The van der Waals surface area contributed by atoms with Crippen molar-refractivity contribution < 1.29 is 13.6 Å². The number of nitrogens with zero attached hydrogens (tertiary/aromatic N) is 2. The van der Waals surface area contributed by atoms with Gasteiger partial charge in [0.25, 0.3) is 5.91 Å². The summed E-state index contributed by atoms with van der Waals surface area (Å²) in [7, 11) is 0. The smallest absolute Gasteiger partial charge is 0.274 e. The van der Waals surface area contributed by atoms with Crippen molar-refractivity contribution in [2.45, 2.75) is 6.92 Å². The summed E-state index contributed by atoms with van der Waals surface area (Å²) in [5, 5.41) is 6.06. The van der Waals surface area contributed by atoms with E-state index in [0.29, 0.717) is 22.4 Å². The summed E-state index contributed by atoms with van der Waals surface area (Å²) >= 11 is 5.94. The van der Waals surface area contributed by atoms with Gasteiger partial charge in [0.05, 0.1) is 0 Å². The van der Waals surface area contributed by atoms with Gasteiger partial charge in [0.15, 0.2) is 11.6 Å². The van der Waals surface area contributed by atoms with Gasteiger partial charge in [-0.25, -0.2) is 18.7 Å². The van der Waals surface area contributed by atoms with Crippen molar-refractivity contribution in [1.82, 2.24) is 9.97 Å². The maximum Gasteiger partial charge on any atom is 0.274 e. The van der Waals surface area contributed by atoms with Gasteiger partial charge in [-0.15, -0.1) is 0 Å². The molecule has 0 fully saturated rings. The van der Waals surface area contributed by atoms with E-state index in [9.17, 15) is 13.6 Å². The van der Waals surface area contributed by atoms with E-state index in [4.69, 9.17) is 11.6 Å². The van der Waals surface area contributed by atoms with Gasteiger partial charge >= 0.3 is 0 Å². The van der Waals surface area contributed by atoms with Gasteiger partial charge in [-0.3, -0.25) is 4.79 Å². The zero-order valence-electron chi connectivity index (χ0n) is 13.6. The van der Waals surface area contributed by atoms with Crippen molar-refractivity contribution >= 4 is 34.7 Å². The van der Waals surface area contributed by atoms with Crippen molar-refractivity contribution in [2.24, 2.45) is 0 Å². The first kappa shape index (κ1) is 17.8. The summed E-state index contributed by atoms with van der Waals surface area (Å²) in [5.74, 6) is -1.85. The van der Waals surface area contributed by atoms with Crippen LogP contribution in [0.5, 0.6) is 0 Å². The molecule has 1 heterocycles. The lowest BCUT2D eigenvalue weighted by atomic mass is 10.2. The molecule has 0 radical (unpaired) electrons. The van der Waals surface area contributed by atoms with Crippen LogP contribution in [0.15, 0.2) is 48.5 Å². The van der Waals surface area contributed by atoms with Gasteiger partial charge in [-0.1, -0.05) is 17.7 Å². The van der Waals surface area contributed by atoms with Gasteiger partial charge < -0.3 is 10.6 Å². The number of hydrogen-bond donors (Lipinski definition) is 2. The Labute approximate surface area is 153 Å². The van der Waals surface area contributed by atoms with Crippen LogP contribution in [0.1, 0.15) is 16.3 Å². The van der Waals surface area contributed by atoms with Crippen LogP contribution in [0, 0.1) is 18.6 Å². The quantitative estimate of drug-likeness (QED) is 0.694. The molecule has 3 aromatic rings. The number of anilines is 3. The molecule has 2 aromatic carbocycles. The van der Waals surface area contributed by atoms with Crippen molar-refractivity contribution in [1.29, 1.82) is 0 Å². The predicted molar refractivity (Wildman–Crippen MR) is 95.8 cm³/mol. The first-order valence-corrected chi connectivity index (χ1v) is 7.93. The number of amides is 1. The highest BCUT2D eigenvalue weighted by Gasteiger charge is 2.12. The largest absolute Gasteiger partial charge is 0.340 e. The summed E-state index contributed by atoms with van der Waals surface area (Å²) in [4.78, 5) is 20.6. The van der Waals surface area contributed by atoms with Crippen LogP contribution in [-0.4, -0.2) is 15.9 Å². The molecule has 26 heavy (non-hydrogen) atoms. The SMILES string of the molecule is Cc1nc(Nc2cccc(Cl)c2)cc(C(=O)Nc2ccc(F)c(F)c2)n1. The van der Waals surface area contributed by atoms with E-state index in [2.05, 4.69) is 20.6 Å². The van der Waals surface area contributed by atoms with Gasteiger partial charge in [-0.2, -0.15) is 0 Å². The Morgan fingerprint density at radius 1 is 1.00 bits per heavy atom. The number of carbonyl (C=O) groups is 1. The first-order chi connectivity index (χ1) is 12.4. The zero-order chi connectivity index (χ0) is 18.7. The number of carbonyl (C=O) groups excluding carboxylic acids is 1. The molecule has 5 nitrogen and oxygen atoms in total. The normalized spacial score (nSPS) is 10.5. The Morgan fingerprint density at radius 2 is 1.81 bits per heavy atom. The second-order valence-electron chi connectivity index (χ2n) is 5.40. The van der Waals surface area contributed by atoms with E-state index in [1.807, 2.05) is 0 Å². The Balaban J connectivity index is 1.82. The number of aromatic nitrogens is 2. The summed E-state index contributed by atoms with van der Waals surface area (Å²) in [6, 6.07) is 11.5. The van der Waals surface area contributed by atoms with Gasteiger partial charge in [0.1, 0.15) is 17.3 Å². The molecule has 0 unspecified atom stereocenters. The minimum atomic E-state index is -1.05. The second-order valence-corrected chi connectivity index (χ2v) is 5.84. The van der Waals surface area contributed by atoms with E-state index >= 15 is 0 Å². The van der Waals surface area contributed by atoms with Crippen LogP contribution in [0.4, 0.5) is 26.0 Å². The number of aryl methyl sites for hydroxylation is 1. The zero-order valence-corrected chi connectivity index (χ0v) is 14.3. The molecule has 0 bridgehead atoms. The van der Waals surface area contributed by atoms with Crippen LogP contribution in [0.3, 0.4) is 0 Å². The Bertz CT molecular complexity index is 981. The van der Waals surface area contributed by atoms with Crippen molar-refractivity contribution in [2.75, 3.05) is 10.6 Å². The molecular formula is C18H13ClF2N4O. The summed E-state index contributed by atoms with van der Waals surface area (Å²) in [6.07, 6.45) is 0. The van der Waals surface area contributed by atoms with Crippen LogP contribution in [0.2, 0.25) is 5.02 Å². The van der Waals surface area contributed by atoms with Crippen molar-refractivity contribution in [3.05, 3.63) is 76.7 Å². The molecule has 0 spiro atoms. The number of rotatable bonds is 4. The van der Waals surface area contributed by atoms with Crippen molar-refractivity contribution in [3.63, 3.8) is 0 Å². The Hall–Kier alpha value is -3.06. The third-order valence-corrected chi connectivity index (χ3v) is 3.58. The fourth-order valence-corrected chi connectivity index (χ4v) is 2.42. The molecule has 3 rings (SSSR count). The van der Waals surface area contributed by atoms with Crippen LogP contribution in [0.25, 0.3) is 0 Å².